The fraction of sp³-hybridized carbons (Fsp3) is 0.308. The predicted octanol–water partition coefficient (Wildman–Crippen LogP) is 2.46. The van der Waals surface area contributed by atoms with Gasteiger partial charge in [0.1, 0.15) is 5.75 Å². The van der Waals surface area contributed by atoms with Crippen LogP contribution in [0.3, 0.4) is 0 Å². The number of ether oxygens (including phenoxy) is 1. The van der Waals surface area contributed by atoms with Crippen LogP contribution in [0.1, 0.15) is 16.3 Å². The van der Waals surface area contributed by atoms with Crippen molar-refractivity contribution >= 4 is 11.3 Å². The summed E-state index contributed by atoms with van der Waals surface area (Å²) in [5.74, 6) is 0.892. The lowest BCUT2D eigenvalue weighted by Crippen LogP contribution is -2.05. The highest BCUT2D eigenvalue weighted by Gasteiger charge is 2.03. The molecule has 4 heteroatoms. The highest BCUT2D eigenvalue weighted by molar-refractivity contribution is 7.09. The topological polar surface area (TPSA) is 34.1 Å². The minimum atomic E-state index is 0.832. The summed E-state index contributed by atoms with van der Waals surface area (Å²) in [6.45, 7) is 0.832. The number of hydrogen-bond acceptors (Lipinski definition) is 4. The molecule has 0 radical (unpaired) electrons. The largest absolute Gasteiger partial charge is 0.497 e. The van der Waals surface area contributed by atoms with E-state index in [1.807, 2.05) is 19.2 Å². The zero-order valence-electron chi connectivity index (χ0n) is 10.1. The Morgan fingerprint density at radius 2 is 2.06 bits per heavy atom. The molecule has 0 aliphatic carbocycles. The van der Waals surface area contributed by atoms with Crippen molar-refractivity contribution in [2.75, 3.05) is 14.2 Å². The summed E-state index contributed by atoms with van der Waals surface area (Å²) in [7, 11) is 3.61. The number of aromatic nitrogens is 1. The molecule has 1 aromatic heterocycles. The fourth-order valence-electron chi connectivity index (χ4n) is 1.61. The van der Waals surface area contributed by atoms with Crippen LogP contribution in [0.2, 0.25) is 0 Å². The van der Waals surface area contributed by atoms with E-state index >= 15 is 0 Å². The van der Waals surface area contributed by atoms with Gasteiger partial charge < -0.3 is 10.1 Å². The van der Waals surface area contributed by atoms with Crippen molar-refractivity contribution in [3.63, 3.8) is 0 Å². The molecule has 0 unspecified atom stereocenters. The lowest BCUT2D eigenvalue weighted by Gasteiger charge is -2.01. The van der Waals surface area contributed by atoms with Crippen LogP contribution in [0.5, 0.6) is 5.75 Å². The summed E-state index contributed by atoms with van der Waals surface area (Å²) in [5.41, 5.74) is 2.37. The summed E-state index contributed by atoms with van der Waals surface area (Å²) in [6.07, 6.45) is 0.887. The minimum Gasteiger partial charge on any atom is -0.497 e. The monoisotopic (exact) mass is 248 g/mol. The van der Waals surface area contributed by atoms with E-state index in [9.17, 15) is 0 Å². The molecule has 0 amide bonds. The molecule has 17 heavy (non-hydrogen) atoms. The quantitative estimate of drug-likeness (QED) is 0.882. The molecule has 0 aliphatic rings. The van der Waals surface area contributed by atoms with Crippen LogP contribution >= 0.6 is 11.3 Å². The summed E-state index contributed by atoms with van der Waals surface area (Å²) in [6, 6.07) is 8.13. The molecule has 2 aromatic rings. The van der Waals surface area contributed by atoms with Gasteiger partial charge in [-0.2, -0.15) is 0 Å². The minimum absolute atomic E-state index is 0.832. The number of benzene rings is 1. The van der Waals surface area contributed by atoms with Gasteiger partial charge in [0.05, 0.1) is 17.8 Å². The molecular formula is C13H16N2OS. The molecule has 1 aromatic carbocycles. The van der Waals surface area contributed by atoms with Crippen LogP contribution in [0.15, 0.2) is 29.6 Å². The van der Waals surface area contributed by atoms with Crippen molar-refractivity contribution < 1.29 is 4.74 Å². The fourth-order valence-corrected chi connectivity index (χ4v) is 2.44. The molecule has 1 N–H and O–H groups in total. The van der Waals surface area contributed by atoms with Gasteiger partial charge in [-0.05, 0) is 24.7 Å². The van der Waals surface area contributed by atoms with Crippen molar-refractivity contribution in [3.8, 4) is 5.75 Å². The molecule has 90 valence electrons. The Bertz CT molecular complexity index is 465. The number of hydrogen-bond donors (Lipinski definition) is 1. The average Bonchev–Trinajstić information content (AvgIpc) is 2.78. The Morgan fingerprint density at radius 3 is 2.71 bits per heavy atom. The Labute approximate surface area is 105 Å². The maximum absolute atomic E-state index is 5.13. The third-order valence-corrected chi connectivity index (χ3v) is 3.37. The Hall–Kier alpha value is -1.39. The van der Waals surface area contributed by atoms with E-state index in [1.54, 1.807) is 18.4 Å². The molecule has 0 aliphatic heterocycles. The third kappa shape index (κ3) is 3.28. The number of rotatable bonds is 5. The van der Waals surface area contributed by atoms with E-state index in [0.717, 1.165) is 29.4 Å². The van der Waals surface area contributed by atoms with Gasteiger partial charge in [0.25, 0.3) is 0 Å². The Morgan fingerprint density at radius 1 is 1.29 bits per heavy atom. The lowest BCUT2D eigenvalue weighted by atomic mass is 10.1. The Balaban J connectivity index is 2.03. The zero-order valence-corrected chi connectivity index (χ0v) is 10.9. The van der Waals surface area contributed by atoms with E-state index in [2.05, 4.69) is 27.8 Å². The van der Waals surface area contributed by atoms with Crippen molar-refractivity contribution in [1.29, 1.82) is 0 Å². The van der Waals surface area contributed by atoms with E-state index in [1.165, 1.54) is 5.56 Å². The van der Waals surface area contributed by atoms with Gasteiger partial charge in [0.15, 0.2) is 0 Å². The summed E-state index contributed by atoms with van der Waals surface area (Å²) < 4.78 is 5.13. The number of nitrogens with one attached hydrogen (secondary N) is 1. The molecule has 0 saturated carbocycles. The highest BCUT2D eigenvalue weighted by Crippen LogP contribution is 2.17. The van der Waals surface area contributed by atoms with Crippen molar-refractivity contribution in [3.05, 3.63) is 45.9 Å². The van der Waals surface area contributed by atoms with Gasteiger partial charge in [0, 0.05) is 18.3 Å². The van der Waals surface area contributed by atoms with Gasteiger partial charge in [-0.25, -0.2) is 4.98 Å². The van der Waals surface area contributed by atoms with Crippen molar-refractivity contribution in [2.24, 2.45) is 0 Å². The zero-order chi connectivity index (χ0) is 12.1. The van der Waals surface area contributed by atoms with Crippen LogP contribution in [0, 0.1) is 0 Å². The van der Waals surface area contributed by atoms with E-state index < -0.39 is 0 Å². The molecule has 0 spiro atoms. The first-order valence-corrected chi connectivity index (χ1v) is 6.40. The van der Waals surface area contributed by atoms with Gasteiger partial charge in [-0.15, -0.1) is 11.3 Å². The van der Waals surface area contributed by atoms with Gasteiger partial charge in [-0.1, -0.05) is 12.1 Å². The van der Waals surface area contributed by atoms with Crippen molar-refractivity contribution in [2.45, 2.75) is 13.0 Å². The standard InChI is InChI=1S/C13H16N2OS/c1-14-8-11-9-17-13(15-11)7-10-3-5-12(16-2)6-4-10/h3-6,9,14H,7-8H2,1-2H3. The van der Waals surface area contributed by atoms with E-state index in [0.29, 0.717) is 0 Å². The van der Waals surface area contributed by atoms with Gasteiger partial charge in [-0.3, -0.25) is 0 Å². The molecule has 1 heterocycles. The van der Waals surface area contributed by atoms with Crippen molar-refractivity contribution in [1.82, 2.24) is 10.3 Å². The van der Waals surface area contributed by atoms with E-state index in [-0.39, 0.29) is 0 Å². The molecular weight excluding hydrogens is 232 g/mol. The average molecular weight is 248 g/mol. The Kier molecular flexibility index (Phi) is 4.12. The predicted molar refractivity (Wildman–Crippen MR) is 70.7 cm³/mol. The van der Waals surface area contributed by atoms with Crippen LogP contribution in [0.4, 0.5) is 0 Å². The smallest absolute Gasteiger partial charge is 0.118 e. The SMILES string of the molecule is CNCc1csc(Cc2ccc(OC)cc2)n1. The second-order valence-electron chi connectivity index (χ2n) is 3.79. The first-order chi connectivity index (χ1) is 8.31. The maximum Gasteiger partial charge on any atom is 0.118 e. The third-order valence-electron chi connectivity index (χ3n) is 2.47. The molecule has 3 nitrogen and oxygen atoms in total. The number of methoxy groups -OCH3 is 1. The van der Waals surface area contributed by atoms with Gasteiger partial charge >= 0.3 is 0 Å². The molecule has 0 fully saturated rings. The molecule has 0 bridgehead atoms. The molecule has 0 atom stereocenters. The number of thiazole rings is 1. The maximum atomic E-state index is 5.13. The lowest BCUT2D eigenvalue weighted by molar-refractivity contribution is 0.414. The van der Waals surface area contributed by atoms with Crippen LogP contribution < -0.4 is 10.1 Å². The summed E-state index contributed by atoms with van der Waals surface area (Å²) in [5, 5.41) is 6.36. The first-order valence-electron chi connectivity index (χ1n) is 5.52. The molecule has 0 saturated heterocycles. The normalized spacial score (nSPS) is 10.5. The highest BCUT2D eigenvalue weighted by atomic mass is 32.1. The van der Waals surface area contributed by atoms with Crippen LogP contribution in [0.25, 0.3) is 0 Å². The first kappa shape index (κ1) is 12.1. The molecule has 2 rings (SSSR count). The second kappa shape index (κ2) is 5.80. The van der Waals surface area contributed by atoms with Crippen LogP contribution in [-0.4, -0.2) is 19.1 Å². The number of nitrogens with zero attached hydrogens (tertiary/aromatic N) is 1. The van der Waals surface area contributed by atoms with E-state index in [4.69, 9.17) is 4.74 Å². The summed E-state index contributed by atoms with van der Waals surface area (Å²) in [4.78, 5) is 4.56. The van der Waals surface area contributed by atoms with Gasteiger partial charge in [0.2, 0.25) is 0 Å². The second-order valence-corrected chi connectivity index (χ2v) is 4.73. The summed E-state index contributed by atoms with van der Waals surface area (Å²) >= 11 is 1.71. The van der Waals surface area contributed by atoms with Crippen LogP contribution in [-0.2, 0) is 13.0 Å².